The highest BCUT2D eigenvalue weighted by atomic mass is 16.5. The van der Waals surface area contributed by atoms with Gasteiger partial charge in [-0.3, -0.25) is 0 Å². The van der Waals surface area contributed by atoms with Crippen LogP contribution in [0.5, 0.6) is 0 Å². The molecule has 3 fully saturated rings. The van der Waals surface area contributed by atoms with Gasteiger partial charge in [-0.25, -0.2) is 0 Å². The lowest BCUT2D eigenvalue weighted by Crippen LogP contribution is -2.51. The molecule has 0 N–H and O–H groups in total. The summed E-state index contributed by atoms with van der Waals surface area (Å²) >= 11 is 0. The first-order valence-electron chi connectivity index (χ1n) is 8.00. The Kier molecular flexibility index (Phi) is 3.68. The number of hydrogen-bond acceptors (Lipinski definition) is 2. The molecule has 2 heterocycles. The second-order valence-electron chi connectivity index (χ2n) is 7.29. The number of hydrogen-bond donors (Lipinski definition) is 0. The van der Waals surface area contributed by atoms with Gasteiger partial charge in [-0.15, -0.1) is 0 Å². The van der Waals surface area contributed by atoms with E-state index in [0.29, 0.717) is 0 Å². The first-order valence-corrected chi connectivity index (χ1v) is 8.00. The Labute approximate surface area is 112 Å². The molecule has 0 radical (unpaired) electrons. The van der Waals surface area contributed by atoms with Crippen LogP contribution in [0, 0.1) is 17.3 Å². The van der Waals surface area contributed by atoms with Gasteiger partial charge in [0, 0.05) is 19.3 Å². The zero-order valence-electron chi connectivity index (χ0n) is 12.2. The average molecular weight is 251 g/mol. The van der Waals surface area contributed by atoms with Crippen LogP contribution in [0.1, 0.15) is 52.4 Å². The van der Waals surface area contributed by atoms with Crippen molar-refractivity contribution in [2.24, 2.45) is 17.3 Å². The fraction of sp³-hybridized carbons (Fsp3) is 1.00. The topological polar surface area (TPSA) is 12.5 Å². The molecule has 0 aromatic rings. The first-order chi connectivity index (χ1) is 8.69. The fourth-order valence-electron chi connectivity index (χ4n) is 4.35. The lowest BCUT2D eigenvalue weighted by molar-refractivity contribution is -0.0531. The van der Waals surface area contributed by atoms with Crippen LogP contribution in [0.4, 0.5) is 0 Å². The largest absolute Gasteiger partial charge is 0.381 e. The van der Waals surface area contributed by atoms with Crippen molar-refractivity contribution in [3.63, 3.8) is 0 Å². The standard InChI is InChI=1S/C16H29NO/c1-13(2)14-11-16(12-14)5-7-17(8-6-16)15-3-9-18-10-4-15/h13-15H,3-12H2,1-2H3. The molecule has 0 atom stereocenters. The molecule has 0 unspecified atom stereocenters. The Bertz CT molecular complexity index is 267. The van der Waals surface area contributed by atoms with Crippen molar-refractivity contribution < 1.29 is 4.74 Å². The number of likely N-dealkylation sites (tertiary alicyclic amines) is 1. The molecule has 18 heavy (non-hydrogen) atoms. The maximum atomic E-state index is 5.48. The Morgan fingerprint density at radius 3 is 2.22 bits per heavy atom. The SMILES string of the molecule is CC(C)C1CC2(CCN(C3CCOCC3)CC2)C1. The number of rotatable bonds is 2. The third kappa shape index (κ3) is 2.46. The van der Waals surface area contributed by atoms with Crippen LogP contribution < -0.4 is 0 Å². The van der Waals surface area contributed by atoms with Crippen molar-refractivity contribution in [2.75, 3.05) is 26.3 Å². The second-order valence-corrected chi connectivity index (χ2v) is 7.29. The van der Waals surface area contributed by atoms with E-state index in [-0.39, 0.29) is 0 Å². The van der Waals surface area contributed by atoms with Crippen LogP contribution in [-0.4, -0.2) is 37.2 Å². The molecule has 2 saturated heterocycles. The van der Waals surface area contributed by atoms with Gasteiger partial charge >= 0.3 is 0 Å². The van der Waals surface area contributed by atoms with E-state index in [1.54, 1.807) is 0 Å². The zero-order chi connectivity index (χ0) is 12.6. The number of ether oxygens (including phenoxy) is 1. The van der Waals surface area contributed by atoms with Crippen LogP contribution in [-0.2, 0) is 4.74 Å². The molecule has 1 aliphatic carbocycles. The Morgan fingerprint density at radius 1 is 1.06 bits per heavy atom. The molecule has 2 aliphatic heterocycles. The van der Waals surface area contributed by atoms with Gasteiger partial charge in [-0.05, 0) is 68.9 Å². The summed E-state index contributed by atoms with van der Waals surface area (Å²) in [5.41, 5.74) is 0.761. The lowest BCUT2D eigenvalue weighted by Gasteiger charge is -2.55. The van der Waals surface area contributed by atoms with E-state index < -0.39 is 0 Å². The van der Waals surface area contributed by atoms with Crippen molar-refractivity contribution in [3.8, 4) is 0 Å². The second kappa shape index (κ2) is 5.13. The van der Waals surface area contributed by atoms with E-state index in [2.05, 4.69) is 18.7 Å². The number of piperidine rings is 1. The molecule has 0 bridgehead atoms. The Hall–Kier alpha value is -0.0800. The molecule has 1 saturated carbocycles. The summed E-state index contributed by atoms with van der Waals surface area (Å²) in [6.07, 6.45) is 8.50. The van der Waals surface area contributed by atoms with Crippen LogP contribution in [0.15, 0.2) is 0 Å². The Morgan fingerprint density at radius 2 is 1.67 bits per heavy atom. The minimum absolute atomic E-state index is 0.761. The van der Waals surface area contributed by atoms with Gasteiger partial charge in [-0.1, -0.05) is 13.8 Å². The minimum Gasteiger partial charge on any atom is -0.381 e. The van der Waals surface area contributed by atoms with E-state index in [1.807, 2.05) is 0 Å². The summed E-state index contributed by atoms with van der Waals surface area (Å²) in [5.74, 6) is 1.93. The summed E-state index contributed by atoms with van der Waals surface area (Å²) in [6.45, 7) is 9.48. The predicted octanol–water partition coefficient (Wildman–Crippen LogP) is 3.31. The van der Waals surface area contributed by atoms with Crippen molar-refractivity contribution in [1.82, 2.24) is 4.90 Å². The summed E-state index contributed by atoms with van der Waals surface area (Å²) in [6, 6.07) is 0.831. The smallest absolute Gasteiger partial charge is 0.0480 e. The zero-order valence-corrected chi connectivity index (χ0v) is 12.2. The van der Waals surface area contributed by atoms with Gasteiger partial charge in [0.15, 0.2) is 0 Å². The molecule has 3 rings (SSSR count). The summed E-state index contributed by atoms with van der Waals surface area (Å²) < 4.78 is 5.48. The van der Waals surface area contributed by atoms with Gasteiger partial charge in [0.05, 0.1) is 0 Å². The van der Waals surface area contributed by atoms with E-state index >= 15 is 0 Å². The van der Waals surface area contributed by atoms with Crippen LogP contribution in [0.3, 0.4) is 0 Å². The molecule has 0 aromatic heterocycles. The molecule has 104 valence electrons. The van der Waals surface area contributed by atoms with Gasteiger partial charge in [0.1, 0.15) is 0 Å². The minimum atomic E-state index is 0.761. The Balaban J connectivity index is 1.47. The predicted molar refractivity (Wildman–Crippen MR) is 74.6 cm³/mol. The van der Waals surface area contributed by atoms with Crippen molar-refractivity contribution >= 4 is 0 Å². The van der Waals surface area contributed by atoms with Crippen molar-refractivity contribution in [2.45, 2.75) is 58.4 Å². The van der Waals surface area contributed by atoms with Gasteiger partial charge in [-0.2, -0.15) is 0 Å². The highest BCUT2D eigenvalue weighted by molar-refractivity contribution is 4.98. The summed E-state index contributed by atoms with van der Waals surface area (Å²) in [4.78, 5) is 2.76. The molecule has 2 heteroatoms. The van der Waals surface area contributed by atoms with Gasteiger partial charge < -0.3 is 9.64 Å². The number of nitrogens with zero attached hydrogens (tertiary/aromatic N) is 1. The summed E-state index contributed by atoms with van der Waals surface area (Å²) in [5, 5.41) is 0. The van der Waals surface area contributed by atoms with Crippen LogP contribution >= 0.6 is 0 Å². The van der Waals surface area contributed by atoms with E-state index in [4.69, 9.17) is 4.74 Å². The molecule has 0 amide bonds. The molecule has 2 nitrogen and oxygen atoms in total. The van der Waals surface area contributed by atoms with Gasteiger partial charge in [0.25, 0.3) is 0 Å². The van der Waals surface area contributed by atoms with E-state index in [0.717, 1.165) is 36.5 Å². The maximum Gasteiger partial charge on any atom is 0.0480 e. The quantitative estimate of drug-likeness (QED) is 0.746. The van der Waals surface area contributed by atoms with E-state index in [1.165, 1.54) is 51.6 Å². The van der Waals surface area contributed by atoms with Crippen LogP contribution in [0.25, 0.3) is 0 Å². The van der Waals surface area contributed by atoms with Gasteiger partial charge in [0.2, 0.25) is 0 Å². The molecular weight excluding hydrogens is 222 g/mol. The first kappa shape index (κ1) is 12.9. The fourth-order valence-corrected chi connectivity index (χ4v) is 4.35. The average Bonchev–Trinajstić information content (AvgIpc) is 2.37. The molecule has 0 aromatic carbocycles. The molecule has 1 spiro atoms. The third-order valence-electron chi connectivity index (χ3n) is 5.90. The lowest BCUT2D eigenvalue weighted by atomic mass is 9.55. The van der Waals surface area contributed by atoms with Crippen molar-refractivity contribution in [1.29, 1.82) is 0 Å². The molecule has 3 aliphatic rings. The van der Waals surface area contributed by atoms with Crippen LogP contribution in [0.2, 0.25) is 0 Å². The molecular formula is C16H29NO. The normalized spacial score (nSPS) is 30.8. The highest BCUT2D eigenvalue weighted by Crippen LogP contribution is 2.55. The van der Waals surface area contributed by atoms with Crippen molar-refractivity contribution in [3.05, 3.63) is 0 Å². The maximum absolute atomic E-state index is 5.48. The summed E-state index contributed by atoms with van der Waals surface area (Å²) in [7, 11) is 0. The monoisotopic (exact) mass is 251 g/mol. The highest BCUT2D eigenvalue weighted by Gasteiger charge is 2.46. The third-order valence-corrected chi connectivity index (χ3v) is 5.90. The van der Waals surface area contributed by atoms with E-state index in [9.17, 15) is 0 Å².